The van der Waals surface area contributed by atoms with E-state index >= 15 is 0 Å². The Labute approximate surface area is 82.2 Å². The van der Waals surface area contributed by atoms with Crippen LogP contribution in [0.15, 0.2) is 22.0 Å². The molecule has 1 aliphatic rings. The molecule has 0 spiro atoms. The number of aliphatic imine (C=N–C) groups is 1. The highest BCUT2D eigenvalue weighted by molar-refractivity contribution is 8.00. The van der Waals surface area contributed by atoms with Gasteiger partial charge < -0.3 is 5.73 Å². The number of nitrogens with zero attached hydrogens (tertiary/aromatic N) is 1. The molecule has 0 atom stereocenters. The smallest absolute Gasteiger partial charge is 0.110 e. The molecule has 2 nitrogen and oxygen atoms in total. The number of hydrogen-bond acceptors (Lipinski definition) is 3. The predicted molar refractivity (Wildman–Crippen MR) is 57.9 cm³/mol. The number of fused-ring (bicyclic) bond motifs is 1. The Bertz CT molecular complexity index is 383. The maximum absolute atomic E-state index is 5.68. The normalized spacial score (nSPS) is 15.1. The minimum atomic E-state index is 0.725. The highest BCUT2D eigenvalue weighted by atomic mass is 32.2. The fourth-order valence-corrected chi connectivity index (χ4v) is 2.43. The number of rotatable bonds is 0. The Morgan fingerprint density at radius 1 is 1.38 bits per heavy atom. The van der Waals surface area contributed by atoms with Crippen molar-refractivity contribution < 1.29 is 0 Å². The van der Waals surface area contributed by atoms with Crippen LogP contribution in [0.25, 0.3) is 0 Å². The molecule has 0 fully saturated rings. The van der Waals surface area contributed by atoms with Crippen molar-refractivity contribution in [2.75, 3.05) is 5.75 Å². The van der Waals surface area contributed by atoms with Crippen LogP contribution in [0, 0.1) is 13.8 Å². The lowest BCUT2D eigenvalue weighted by molar-refractivity contribution is 1.22. The standard InChI is InChI=1S/C10H12N2S/c1-6-3-7(2)10-8(4-6)12-9(11)5-13-10/h3-4H,5H2,1-2H3,(H2,11,12). The second-order valence-corrected chi connectivity index (χ2v) is 4.31. The Morgan fingerprint density at radius 3 is 2.92 bits per heavy atom. The van der Waals surface area contributed by atoms with E-state index in [0.29, 0.717) is 0 Å². The first-order valence-electron chi connectivity index (χ1n) is 4.24. The van der Waals surface area contributed by atoms with Gasteiger partial charge in [0.1, 0.15) is 5.84 Å². The van der Waals surface area contributed by atoms with Gasteiger partial charge in [-0.3, -0.25) is 0 Å². The molecular weight excluding hydrogens is 180 g/mol. The average Bonchev–Trinajstić information content (AvgIpc) is 2.02. The van der Waals surface area contributed by atoms with E-state index in [-0.39, 0.29) is 0 Å². The van der Waals surface area contributed by atoms with Gasteiger partial charge in [0.15, 0.2) is 0 Å². The lowest BCUT2D eigenvalue weighted by atomic mass is 10.1. The Balaban J connectivity index is 2.61. The maximum atomic E-state index is 5.68. The van der Waals surface area contributed by atoms with Gasteiger partial charge >= 0.3 is 0 Å². The van der Waals surface area contributed by atoms with Gasteiger partial charge in [0.05, 0.1) is 11.4 Å². The zero-order valence-corrected chi connectivity index (χ0v) is 8.61. The third-order valence-corrected chi connectivity index (χ3v) is 3.29. The summed E-state index contributed by atoms with van der Waals surface area (Å²) in [5.74, 6) is 1.54. The summed E-state index contributed by atoms with van der Waals surface area (Å²) in [4.78, 5) is 5.62. The monoisotopic (exact) mass is 192 g/mol. The molecule has 0 saturated carbocycles. The van der Waals surface area contributed by atoms with Crippen molar-refractivity contribution in [3.8, 4) is 0 Å². The molecule has 0 aromatic heterocycles. The average molecular weight is 192 g/mol. The quantitative estimate of drug-likeness (QED) is 0.685. The summed E-state index contributed by atoms with van der Waals surface area (Å²) in [6.07, 6.45) is 0. The molecule has 1 aliphatic heterocycles. The van der Waals surface area contributed by atoms with Crippen molar-refractivity contribution in [3.05, 3.63) is 23.3 Å². The predicted octanol–water partition coefficient (Wildman–Crippen LogP) is 2.40. The topological polar surface area (TPSA) is 38.4 Å². The second kappa shape index (κ2) is 3.07. The maximum Gasteiger partial charge on any atom is 0.110 e. The highest BCUT2D eigenvalue weighted by Gasteiger charge is 2.12. The van der Waals surface area contributed by atoms with Crippen LogP contribution in [0.4, 0.5) is 5.69 Å². The summed E-state index contributed by atoms with van der Waals surface area (Å²) in [6, 6.07) is 4.27. The van der Waals surface area contributed by atoms with Crippen LogP contribution in [0.5, 0.6) is 0 Å². The molecule has 2 rings (SSSR count). The summed E-state index contributed by atoms with van der Waals surface area (Å²) in [5.41, 5.74) is 9.26. The van der Waals surface area contributed by atoms with Gasteiger partial charge in [-0.1, -0.05) is 6.07 Å². The number of hydrogen-bond donors (Lipinski definition) is 1. The van der Waals surface area contributed by atoms with E-state index in [1.165, 1.54) is 16.0 Å². The Kier molecular flexibility index (Phi) is 2.04. The number of benzene rings is 1. The van der Waals surface area contributed by atoms with Crippen molar-refractivity contribution in [1.29, 1.82) is 0 Å². The van der Waals surface area contributed by atoms with Gasteiger partial charge in [0.25, 0.3) is 0 Å². The molecule has 13 heavy (non-hydrogen) atoms. The molecule has 0 radical (unpaired) electrons. The number of aryl methyl sites for hydroxylation is 2. The second-order valence-electron chi connectivity index (χ2n) is 3.32. The van der Waals surface area contributed by atoms with Crippen LogP contribution >= 0.6 is 11.8 Å². The third kappa shape index (κ3) is 1.56. The molecule has 1 heterocycles. The Morgan fingerprint density at radius 2 is 2.15 bits per heavy atom. The van der Waals surface area contributed by atoms with E-state index < -0.39 is 0 Å². The van der Waals surface area contributed by atoms with Crippen molar-refractivity contribution in [2.24, 2.45) is 10.7 Å². The van der Waals surface area contributed by atoms with Gasteiger partial charge in [-0.15, -0.1) is 11.8 Å². The zero-order valence-electron chi connectivity index (χ0n) is 7.79. The van der Waals surface area contributed by atoms with Gasteiger partial charge in [-0.25, -0.2) is 4.99 Å². The van der Waals surface area contributed by atoms with E-state index in [2.05, 4.69) is 31.0 Å². The molecule has 1 aromatic rings. The van der Waals surface area contributed by atoms with Crippen LogP contribution in [0.3, 0.4) is 0 Å². The molecule has 0 amide bonds. The lowest BCUT2D eigenvalue weighted by Crippen LogP contribution is -2.16. The molecular formula is C10H12N2S. The van der Waals surface area contributed by atoms with E-state index in [4.69, 9.17) is 5.73 Å². The Hall–Kier alpha value is -0.960. The van der Waals surface area contributed by atoms with Crippen molar-refractivity contribution in [2.45, 2.75) is 18.7 Å². The van der Waals surface area contributed by atoms with Crippen LogP contribution in [0.2, 0.25) is 0 Å². The molecule has 68 valence electrons. The van der Waals surface area contributed by atoms with Crippen LogP contribution in [-0.4, -0.2) is 11.6 Å². The number of amidine groups is 1. The summed E-state index contributed by atoms with van der Waals surface area (Å²) in [7, 11) is 0. The van der Waals surface area contributed by atoms with Gasteiger partial charge in [0, 0.05) is 4.90 Å². The largest absolute Gasteiger partial charge is 0.386 e. The van der Waals surface area contributed by atoms with Gasteiger partial charge in [0.2, 0.25) is 0 Å². The minimum Gasteiger partial charge on any atom is -0.386 e. The van der Waals surface area contributed by atoms with Gasteiger partial charge in [-0.2, -0.15) is 0 Å². The van der Waals surface area contributed by atoms with E-state index in [9.17, 15) is 0 Å². The summed E-state index contributed by atoms with van der Waals surface area (Å²) < 4.78 is 0. The summed E-state index contributed by atoms with van der Waals surface area (Å²) in [5, 5.41) is 0. The summed E-state index contributed by atoms with van der Waals surface area (Å²) >= 11 is 1.78. The van der Waals surface area contributed by atoms with Crippen molar-refractivity contribution in [3.63, 3.8) is 0 Å². The van der Waals surface area contributed by atoms with Crippen molar-refractivity contribution in [1.82, 2.24) is 0 Å². The minimum absolute atomic E-state index is 0.725. The highest BCUT2D eigenvalue weighted by Crippen LogP contribution is 2.36. The first-order valence-corrected chi connectivity index (χ1v) is 5.22. The molecule has 3 heteroatoms. The van der Waals surface area contributed by atoms with Crippen LogP contribution < -0.4 is 5.73 Å². The third-order valence-electron chi connectivity index (χ3n) is 2.03. The van der Waals surface area contributed by atoms with E-state index in [1.54, 1.807) is 11.8 Å². The first kappa shape index (κ1) is 8.63. The first-order chi connectivity index (χ1) is 6.16. The number of thioether (sulfide) groups is 1. The van der Waals surface area contributed by atoms with Crippen LogP contribution in [-0.2, 0) is 0 Å². The zero-order chi connectivity index (χ0) is 9.42. The van der Waals surface area contributed by atoms with Crippen molar-refractivity contribution >= 4 is 23.3 Å². The van der Waals surface area contributed by atoms with E-state index in [1.807, 2.05) is 0 Å². The molecule has 0 bridgehead atoms. The molecule has 1 aromatic carbocycles. The summed E-state index contributed by atoms with van der Waals surface area (Å²) in [6.45, 7) is 4.20. The molecule has 0 unspecified atom stereocenters. The SMILES string of the molecule is Cc1cc(C)c2c(c1)N=C(N)CS2. The molecule has 0 aliphatic carbocycles. The molecule has 2 N–H and O–H groups in total. The fourth-order valence-electron chi connectivity index (χ4n) is 1.54. The van der Waals surface area contributed by atoms with Gasteiger partial charge in [-0.05, 0) is 31.0 Å². The van der Waals surface area contributed by atoms with E-state index in [0.717, 1.165) is 17.3 Å². The lowest BCUT2D eigenvalue weighted by Gasteiger charge is -2.15. The number of nitrogens with two attached hydrogens (primary N) is 1. The molecule has 0 saturated heterocycles. The van der Waals surface area contributed by atoms with Crippen LogP contribution in [0.1, 0.15) is 11.1 Å². The fraction of sp³-hybridized carbons (Fsp3) is 0.300.